The molecule has 0 aromatic rings. The van der Waals surface area contributed by atoms with Gasteiger partial charge in [0.15, 0.2) is 0 Å². The molecule has 0 aromatic heterocycles. The average molecular weight is 175 g/mol. The van der Waals surface area contributed by atoms with E-state index in [4.69, 9.17) is 5.11 Å². The number of amides is 1. The maximum absolute atomic E-state index is 11.3. The Kier molecular flexibility index (Phi) is 1.94. The minimum atomic E-state index is -0.222. The van der Waals surface area contributed by atoms with Crippen LogP contribution in [-0.4, -0.2) is 23.8 Å². The second-order valence-electron chi connectivity index (χ2n) is 2.96. The smallest absolute Gasteiger partial charge is 0.277 e. The molecule has 1 unspecified atom stereocenters. The van der Waals surface area contributed by atoms with Crippen LogP contribution in [0.4, 0.5) is 0 Å². The molecule has 1 heterocycles. The highest BCUT2D eigenvalue weighted by Crippen LogP contribution is 2.27. The standard InChI is InChI=1S/C10H9NO2/c12-6-7-2-1-3-9-8(7)4-5-11-10(9)13/h1-5,7,12H,6H2. The Hall–Kier alpha value is -1.48. The first-order valence-corrected chi connectivity index (χ1v) is 4.11. The number of aliphatic hydroxyl groups excluding tert-OH is 1. The van der Waals surface area contributed by atoms with Crippen LogP contribution >= 0.6 is 0 Å². The number of aliphatic imine (C=N–C) groups is 1. The van der Waals surface area contributed by atoms with E-state index in [0.29, 0.717) is 5.57 Å². The van der Waals surface area contributed by atoms with Crippen LogP contribution < -0.4 is 0 Å². The van der Waals surface area contributed by atoms with Crippen LogP contribution in [0.15, 0.2) is 40.4 Å². The molecule has 2 rings (SSSR count). The first kappa shape index (κ1) is 8.13. The van der Waals surface area contributed by atoms with Crippen molar-refractivity contribution in [2.45, 2.75) is 0 Å². The van der Waals surface area contributed by atoms with E-state index in [1.165, 1.54) is 6.21 Å². The van der Waals surface area contributed by atoms with Gasteiger partial charge in [0.25, 0.3) is 5.91 Å². The largest absolute Gasteiger partial charge is 0.395 e. The Morgan fingerprint density at radius 2 is 2.31 bits per heavy atom. The van der Waals surface area contributed by atoms with Gasteiger partial charge in [-0.1, -0.05) is 12.2 Å². The summed E-state index contributed by atoms with van der Waals surface area (Å²) < 4.78 is 0. The Balaban J connectivity index is 2.43. The van der Waals surface area contributed by atoms with Gasteiger partial charge in [0.05, 0.1) is 6.61 Å². The van der Waals surface area contributed by atoms with Gasteiger partial charge in [-0.3, -0.25) is 4.79 Å². The molecular formula is C10H9NO2. The van der Waals surface area contributed by atoms with Gasteiger partial charge in [-0.05, 0) is 17.7 Å². The molecule has 0 saturated carbocycles. The lowest BCUT2D eigenvalue weighted by Gasteiger charge is -2.20. The van der Waals surface area contributed by atoms with Crippen molar-refractivity contribution in [1.82, 2.24) is 0 Å². The molecule has 1 amide bonds. The van der Waals surface area contributed by atoms with Gasteiger partial charge in [-0.15, -0.1) is 0 Å². The van der Waals surface area contributed by atoms with E-state index < -0.39 is 0 Å². The Labute approximate surface area is 75.8 Å². The van der Waals surface area contributed by atoms with E-state index in [1.54, 1.807) is 18.2 Å². The predicted molar refractivity (Wildman–Crippen MR) is 49.4 cm³/mol. The first-order valence-electron chi connectivity index (χ1n) is 4.11. The fraction of sp³-hybridized carbons (Fsp3) is 0.200. The van der Waals surface area contributed by atoms with E-state index in [9.17, 15) is 4.79 Å². The molecule has 3 nitrogen and oxygen atoms in total. The minimum Gasteiger partial charge on any atom is -0.395 e. The lowest BCUT2D eigenvalue weighted by atomic mass is 9.87. The van der Waals surface area contributed by atoms with E-state index in [-0.39, 0.29) is 18.4 Å². The number of carbonyl (C=O) groups is 1. The molecule has 0 aromatic carbocycles. The van der Waals surface area contributed by atoms with Gasteiger partial charge in [0, 0.05) is 17.7 Å². The number of rotatable bonds is 1. The molecule has 13 heavy (non-hydrogen) atoms. The monoisotopic (exact) mass is 175 g/mol. The lowest BCUT2D eigenvalue weighted by molar-refractivity contribution is -0.114. The number of fused-ring (bicyclic) bond motifs is 1. The highest BCUT2D eigenvalue weighted by Gasteiger charge is 2.23. The Bertz CT molecular complexity index is 361. The van der Waals surface area contributed by atoms with E-state index >= 15 is 0 Å². The van der Waals surface area contributed by atoms with Crippen LogP contribution in [0.1, 0.15) is 0 Å². The maximum Gasteiger partial charge on any atom is 0.277 e. The summed E-state index contributed by atoms with van der Waals surface area (Å²) in [5.74, 6) is -0.281. The summed E-state index contributed by atoms with van der Waals surface area (Å²) in [5, 5.41) is 9.04. The Morgan fingerprint density at radius 1 is 1.46 bits per heavy atom. The van der Waals surface area contributed by atoms with Gasteiger partial charge in [0.2, 0.25) is 0 Å². The Morgan fingerprint density at radius 3 is 3.08 bits per heavy atom. The summed E-state index contributed by atoms with van der Waals surface area (Å²) in [6.07, 6.45) is 8.65. The molecule has 3 heteroatoms. The molecule has 66 valence electrons. The third-order valence-corrected chi connectivity index (χ3v) is 2.19. The number of allylic oxidation sites excluding steroid dienone is 3. The number of nitrogens with zero attached hydrogens (tertiary/aromatic N) is 1. The molecule has 0 fully saturated rings. The summed E-state index contributed by atoms with van der Waals surface area (Å²) in [6, 6.07) is 0. The SMILES string of the molecule is O=C1N=CC=C2C1=CC=CC2CO. The zero-order valence-corrected chi connectivity index (χ0v) is 6.97. The molecule has 0 radical (unpaired) electrons. The highest BCUT2D eigenvalue weighted by atomic mass is 16.3. The van der Waals surface area contributed by atoms with E-state index in [2.05, 4.69) is 4.99 Å². The van der Waals surface area contributed by atoms with Gasteiger partial charge < -0.3 is 5.11 Å². The van der Waals surface area contributed by atoms with E-state index in [1.807, 2.05) is 6.08 Å². The van der Waals surface area contributed by atoms with Crippen molar-refractivity contribution in [3.63, 3.8) is 0 Å². The van der Waals surface area contributed by atoms with Crippen LogP contribution in [0.2, 0.25) is 0 Å². The van der Waals surface area contributed by atoms with Crippen LogP contribution in [0.3, 0.4) is 0 Å². The third-order valence-electron chi connectivity index (χ3n) is 2.19. The molecule has 2 aliphatic rings. The fourth-order valence-electron chi connectivity index (χ4n) is 1.51. The van der Waals surface area contributed by atoms with Crippen LogP contribution in [0.25, 0.3) is 0 Å². The number of hydrogen-bond donors (Lipinski definition) is 1. The predicted octanol–water partition coefficient (Wildman–Crippen LogP) is 0.629. The van der Waals surface area contributed by atoms with E-state index in [0.717, 1.165) is 5.57 Å². The van der Waals surface area contributed by atoms with Crippen molar-refractivity contribution < 1.29 is 9.90 Å². The molecule has 1 aliphatic heterocycles. The number of dihydropyridines is 1. The van der Waals surface area contributed by atoms with Crippen molar-refractivity contribution in [1.29, 1.82) is 0 Å². The molecule has 1 N–H and O–H groups in total. The highest BCUT2D eigenvalue weighted by molar-refractivity contribution is 6.07. The summed E-state index contributed by atoms with van der Waals surface area (Å²) in [4.78, 5) is 14.9. The lowest BCUT2D eigenvalue weighted by Crippen LogP contribution is -2.18. The minimum absolute atomic E-state index is 0.0286. The van der Waals surface area contributed by atoms with Crippen molar-refractivity contribution in [3.8, 4) is 0 Å². The van der Waals surface area contributed by atoms with Gasteiger partial charge in [-0.2, -0.15) is 0 Å². The zero-order valence-electron chi connectivity index (χ0n) is 6.97. The van der Waals surface area contributed by atoms with Gasteiger partial charge in [0.1, 0.15) is 0 Å². The zero-order chi connectivity index (χ0) is 9.26. The second kappa shape index (κ2) is 3.11. The average Bonchev–Trinajstić information content (AvgIpc) is 2.18. The first-order chi connectivity index (χ1) is 6.33. The van der Waals surface area contributed by atoms with Gasteiger partial charge >= 0.3 is 0 Å². The molecule has 0 saturated heterocycles. The third kappa shape index (κ3) is 1.27. The summed E-state index contributed by atoms with van der Waals surface area (Å²) >= 11 is 0. The summed E-state index contributed by atoms with van der Waals surface area (Å²) in [5.41, 5.74) is 1.47. The van der Waals surface area contributed by atoms with Crippen molar-refractivity contribution in [2.75, 3.05) is 6.61 Å². The topological polar surface area (TPSA) is 49.7 Å². The maximum atomic E-state index is 11.3. The molecular weight excluding hydrogens is 166 g/mol. The van der Waals surface area contributed by atoms with Crippen molar-refractivity contribution in [3.05, 3.63) is 35.5 Å². The second-order valence-corrected chi connectivity index (χ2v) is 2.96. The number of hydrogen-bond acceptors (Lipinski definition) is 2. The van der Waals surface area contributed by atoms with Crippen molar-refractivity contribution >= 4 is 12.1 Å². The van der Waals surface area contributed by atoms with Crippen LogP contribution in [0, 0.1) is 5.92 Å². The fourth-order valence-corrected chi connectivity index (χ4v) is 1.51. The molecule has 1 atom stereocenters. The summed E-state index contributed by atoms with van der Waals surface area (Å²) in [7, 11) is 0. The normalized spacial score (nSPS) is 25.3. The summed E-state index contributed by atoms with van der Waals surface area (Å²) in [6.45, 7) is 0.0286. The number of aliphatic hydroxyl groups is 1. The molecule has 1 aliphatic carbocycles. The number of carbonyl (C=O) groups excluding carboxylic acids is 1. The molecule has 0 spiro atoms. The molecule has 0 bridgehead atoms. The van der Waals surface area contributed by atoms with Crippen LogP contribution in [0.5, 0.6) is 0 Å². The quantitative estimate of drug-likeness (QED) is 0.635. The van der Waals surface area contributed by atoms with Crippen LogP contribution in [-0.2, 0) is 4.79 Å². The van der Waals surface area contributed by atoms with Crippen molar-refractivity contribution in [2.24, 2.45) is 10.9 Å². The van der Waals surface area contributed by atoms with Gasteiger partial charge in [-0.25, -0.2) is 4.99 Å².